The van der Waals surface area contributed by atoms with Gasteiger partial charge in [0.15, 0.2) is 0 Å². The largest absolute Gasteiger partial charge is 0.480 e. The van der Waals surface area contributed by atoms with Gasteiger partial charge in [0.2, 0.25) is 11.8 Å². The minimum absolute atomic E-state index is 0.0322. The number of amides is 2. The van der Waals surface area contributed by atoms with Crippen LogP contribution in [0.4, 0.5) is 0 Å². The van der Waals surface area contributed by atoms with E-state index in [-0.39, 0.29) is 6.42 Å². The lowest BCUT2D eigenvalue weighted by atomic mass is 10.0. The van der Waals surface area contributed by atoms with Crippen LogP contribution in [0, 0.1) is 0 Å². The van der Waals surface area contributed by atoms with E-state index in [1.807, 2.05) is 0 Å². The van der Waals surface area contributed by atoms with Gasteiger partial charge in [0.1, 0.15) is 6.04 Å². The zero-order chi connectivity index (χ0) is 12.9. The maximum atomic E-state index is 11.3. The van der Waals surface area contributed by atoms with Crippen molar-refractivity contribution in [2.24, 2.45) is 11.5 Å². The number of aliphatic carboxylic acids is 1. The number of carbonyl (C=O) groups excluding carboxylic acids is 2. The van der Waals surface area contributed by atoms with Crippen molar-refractivity contribution in [1.82, 2.24) is 5.32 Å². The molecule has 0 aromatic carbocycles. The van der Waals surface area contributed by atoms with Crippen molar-refractivity contribution < 1.29 is 19.5 Å². The highest BCUT2D eigenvalue weighted by molar-refractivity contribution is 5.88. The fraction of sp³-hybridized carbons (Fsp3) is 0.667. The molecule has 0 rings (SSSR count). The lowest BCUT2D eigenvalue weighted by molar-refractivity contribution is -0.143. The van der Waals surface area contributed by atoms with E-state index in [0.717, 1.165) is 0 Å². The number of hydrogen-bond acceptors (Lipinski definition) is 4. The Morgan fingerprint density at radius 2 is 1.88 bits per heavy atom. The predicted octanol–water partition coefficient (Wildman–Crippen LogP) is -1.44. The monoisotopic (exact) mass is 231 g/mol. The predicted molar refractivity (Wildman–Crippen MR) is 56.3 cm³/mol. The Kier molecular flexibility index (Phi) is 4.90. The summed E-state index contributed by atoms with van der Waals surface area (Å²) in [5.74, 6) is -2.62. The van der Waals surface area contributed by atoms with Crippen LogP contribution in [-0.2, 0) is 14.4 Å². The Balaban J connectivity index is 4.35. The molecule has 16 heavy (non-hydrogen) atoms. The number of hydrogen-bond donors (Lipinski definition) is 4. The number of rotatable bonds is 6. The molecule has 7 heteroatoms. The Morgan fingerprint density at radius 1 is 1.38 bits per heavy atom. The molecule has 92 valence electrons. The van der Waals surface area contributed by atoms with Crippen molar-refractivity contribution in [1.29, 1.82) is 0 Å². The number of carboxylic acids is 1. The summed E-state index contributed by atoms with van der Waals surface area (Å²) in [7, 11) is 0. The minimum Gasteiger partial charge on any atom is -0.480 e. The van der Waals surface area contributed by atoms with E-state index in [2.05, 4.69) is 5.32 Å². The summed E-state index contributed by atoms with van der Waals surface area (Å²) in [5.41, 5.74) is 9.71. The molecular weight excluding hydrogens is 214 g/mol. The van der Waals surface area contributed by atoms with Crippen LogP contribution >= 0.6 is 0 Å². The van der Waals surface area contributed by atoms with Crippen molar-refractivity contribution in [3.63, 3.8) is 0 Å². The molecule has 2 amide bonds. The summed E-state index contributed by atoms with van der Waals surface area (Å²) >= 11 is 0. The molecule has 6 N–H and O–H groups in total. The fourth-order valence-electron chi connectivity index (χ4n) is 1.06. The van der Waals surface area contributed by atoms with Crippen LogP contribution in [-0.4, -0.2) is 34.5 Å². The van der Waals surface area contributed by atoms with E-state index in [9.17, 15) is 14.4 Å². The molecule has 1 atom stereocenters. The molecular formula is C9H17N3O4. The van der Waals surface area contributed by atoms with Gasteiger partial charge >= 0.3 is 5.97 Å². The molecule has 0 radical (unpaired) electrons. The molecule has 0 aliphatic rings. The van der Waals surface area contributed by atoms with Crippen molar-refractivity contribution in [2.45, 2.75) is 38.3 Å². The van der Waals surface area contributed by atoms with E-state index in [1.54, 1.807) is 13.8 Å². The highest BCUT2D eigenvalue weighted by Gasteiger charge is 2.24. The van der Waals surface area contributed by atoms with Crippen LogP contribution in [0.25, 0.3) is 0 Å². The number of carboxylic acid groups (broad SMARTS) is 1. The molecule has 0 heterocycles. The molecule has 0 aromatic rings. The molecule has 0 bridgehead atoms. The van der Waals surface area contributed by atoms with Crippen molar-refractivity contribution >= 4 is 17.8 Å². The Labute approximate surface area is 93.2 Å². The third-order valence-electron chi connectivity index (χ3n) is 1.65. The molecule has 7 nitrogen and oxygen atoms in total. The zero-order valence-corrected chi connectivity index (χ0v) is 9.32. The summed E-state index contributed by atoms with van der Waals surface area (Å²) in [6.07, 6.45) is -0.471. The average Bonchev–Trinajstić information content (AvgIpc) is 1.97. The summed E-state index contributed by atoms with van der Waals surface area (Å²) < 4.78 is 0. The molecule has 0 fully saturated rings. The second-order valence-electron chi connectivity index (χ2n) is 4.29. The van der Waals surface area contributed by atoms with Gasteiger partial charge in [-0.2, -0.15) is 0 Å². The SMILES string of the molecule is CC(C)(N)CC(=O)NC(CC(N)=O)C(=O)O. The average molecular weight is 231 g/mol. The van der Waals surface area contributed by atoms with Crippen LogP contribution in [0.1, 0.15) is 26.7 Å². The number of carbonyl (C=O) groups is 3. The highest BCUT2D eigenvalue weighted by atomic mass is 16.4. The van der Waals surface area contributed by atoms with Crippen LogP contribution in [0.3, 0.4) is 0 Å². The van der Waals surface area contributed by atoms with Gasteiger partial charge in [0.25, 0.3) is 0 Å². The lowest BCUT2D eigenvalue weighted by Gasteiger charge is -2.19. The first kappa shape index (κ1) is 14.4. The fourth-order valence-corrected chi connectivity index (χ4v) is 1.06. The maximum Gasteiger partial charge on any atom is 0.326 e. The Hall–Kier alpha value is -1.63. The summed E-state index contributed by atoms with van der Waals surface area (Å²) in [6, 6.07) is -1.30. The van der Waals surface area contributed by atoms with Gasteiger partial charge in [0, 0.05) is 12.0 Å². The lowest BCUT2D eigenvalue weighted by Crippen LogP contribution is -2.46. The van der Waals surface area contributed by atoms with Crippen LogP contribution in [0.15, 0.2) is 0 Å². The Bertz CT molecular complexity index is 296. The molecule has 0 aliphatic carbocycles. The molecule has 0 saturated carbocycles. The van der Waals surface area contributed by atoms with E-state index < -0.39 is 35.8 Å². The normalized spacial score (nSPS) is 12.9. The first-order valence-corrected chi connectivity index (χ1v) is 4.71. The van der Waals surface area contributed by atoms with E-state index in [4.69, 9.17) is 16.6 Å². The summed E-state index contributed by atoms with van der Waals surface area (Å²) in [5, 5.41) is 10.9. The second-order valence-corrected chi connectivity index (χ2v) is 4.29. The topological polar surface area (TPSA) is 136 Å². The van der Waals surface area contributed by atoms with Crippen molar-refractivity contribution in [2.75, 3.05) is 0 Å². The van der Waals surface area contributed by atoms with E-state index in [1.165, 1.54) is 0 Å². The van der Waals surface area contributed by atoms with Gasteiger partial charge < -0.3 is 21.9 Å². The number of primary amides is 1. The van der Waals surface area contributed by atoms with Gasteiger partial charge in [-0.05, 0) is 13.8 Å². The van der Waals surface area contributed by atoms with Crippen molar-refractivity contribution in [3.05, 3.63) is 0 Å². The molecule has 0 aliphatic heterocycles. The van der Waals surface area contributed by atoms with Crippen LogP contribution < -0.4 is 16.8 Å². The van der Waals surface area contributed by atoms with Crippen LogP contribution in [0.5, 0.6) is 0 Å². The highest BCUT2D eigenvalue weighted by Crippen LogP contribution is 2.03. The third-order valence-corrected chi connectivity index (χ3v) is 1.65. The van der Waals surface area contributed by atoms with Crippen LogP contribution in [0.2, 0.25) is 0 Å². The van der Waals surface area contributed by atoms with Gasteiger partial charge in [-0.25, -0.2) is 4.79 Å². The third kappa shape index (κ3) is 6.77. The Morgan fingerprint density at radius 3 is 2.19 bits per heavy atom. The summed E-state index contributed by atoms with van der Waals surface area (Å²) in [4.78, 5) is 32.6. The molecule has 0 spiro atoms. The first-order chi connectivity index (χ1) is 7.11. The molecule has 0 saturated heterocycles. The smallest absolute Gasteiger partial charge is 0.326 e. The molecule has 1 unspecified atom stereocenters. The number of nitrogens with two attached hydrogens (primary N) is 2. The van der Waals surface area contributed by atoms with Crippen molar-refractivity contribution in [3.8, 4) is 0 Å². The maximum absolute atomic E-state index is 11.3. The van der Waals surface area contributed by atoms with Gasteiger partial charge in [-0.3, -0.25) is 9.59 Å². The van der Waals surface area contributed by atoms with Gasteiger partial charge in [0.05, 0.1) is 6.42 Å². The standard InChI is InChI=1S/C9H17N3O4/c1-9(2,11)4-7(14)12-5(8(15)16)3-6(10)13/h5H,3-4,11H2,1-2H3,(H2,10,13)(H,12,14)(H,15,16). The van der Waals surface area contributed by atoms with Gasteiger partial charge in [-0.1, -0.05) is 0 Å². The molecule has 0 aromatic heterocycles. The minimum atomic E-state index is -1.30. The second kappa shape index (κ2) is 5.45. The van der Waals surface area contributed by atoms with Gasteiger partial charge in [-0.15, -0.1) is 0 Å². The zero-order valence-electron chi connectivity index (χ0n) is 9.32. The quantitative estimate of drug-likeness (QED) is 0.444. The first-order valence-electron chi connectivity index (χ1n) is 4.71. The summed E-state index contributed by atoms with van der Waals surface area (Å²) in [6.45, 7) is 3.27. The number of nitrogens with one attached hydrogen (secondary N) is 1. The van der Waals surface area contributed by atoms with E-state index in [0.29, 0.717) is 0 Å². The van der Waals surface area contributed by atoms with E-state index >= 15 is 0 Å².